The number of hydrogen-bond donors (Lipinski definition) is 0. The van der Waals surface area contributed by atoms with Crippen molar-refractivity contribution in [1.29, 1.82) is 0 Å². The number of carbonyl (C=O) groups is 1. The number of carbonyl (C=O) groups excluding carboxylic acids is 1. The number of fused-ring (bicyclic) bond motifs is 2. The lowest BCUT2D eigenvalue weighted by Gasteiger charge is -2.49. The minimum Gasteiger partial charge on any atom is -0.462 e. The summed E-state index contributed by atoms with van der Waals surface area (Å²) in [6, 6.07) is 0. The monoisotopic (exact) mass is 180 g/mol. The minimum absolute atomic E-state index is 0.111. The van der Waals surface area contributed by atoms with E-state index in [-0.39, 0.29) is 11.9 Å². The number of rotatable bonds is 0. The maximum atomic E-state index is 11.5. The van der Waals surface area contributed by atoms with Gasteiger partial charge >= 0.3 is 5.97 Å². The number of hydrogen-bond acceptors (Lipinski definition) is 2. The molecule has 4 atom stereocenters. The van der Waals surface area contributed by atoms with E-state index in [2.05, 4.69) is 0 Å². The Bertz CT molecular complexity index is 236. The summed E-state index contributed by atoms with van der Waals surface area (Å²) in [5.41, 5.74) is 0. The Labute approximate surface area is 78.6 Å². The highest BCUT2D eigenvalue weighted by molar-refractivity contribution is 5.74. The molecule has 2 saturated heterocycles. The first-order chi connectivity index (χ1) is 6.36. The molecule has 2 bridgehead atoms. The van der Waals surface area contributed by atoms with Crippen LogP contribution in [0.1, 0.15) is 38.5 Å². The van der Waals surface area contributed by atoms with E-state index in [4.69, 9.17) is 4.74 Å². The number of ether oxygens (including phenoxy) is 1. The summed E-state index contributed by atoms with van der Waals surface area (Å²) in [6.07, 6.45) is 7.80. The van der Waals surface area contributed by atoms with Crippen molar-refractivity contribution in [3.8, 4) is 0 Å². The van der Waals surface area contributed by atoms with Crippen LogP contribution in [0, 0.1) is 17.8 Å². The van der Waals surface area contributed by atoms with E-state index in [0.29, 0.717) is 12.0 Å². The molecule has 2 aliphatic carbocycles. The van der Waals surface area contributed by atoms with Gasteiger partial charge in [-0.1, -0.05) is 12.8 Å². The lowest BCUT2D eigenvalue weighted by Crippen LogP contribution is -2.51. The van der Waals surface area contributed by atoms with Gasteiger partial charge in [0.2, 0.25) is 0 Å². The van der Waals surface area contributed by atoms with E-state index in [1.165, 1.54) is 25.7 Å². The standard InChI is InChI=1S/C11H16O2/c12-11-9-5-6-10(13-11)8-4-2-1-3-7(8)9/h7-10H,1-6H2/t7-,8+,9-,10+/m1/s1. The summed E-state index contributed by atoms with van der Waals surface area (Å²) in [5, 5.41) is 0. The second kappa shape index (κ2) is 2.73. The van der Waals surface area contributed by atoms with Crippen molar-refractivity contribution in [2.45, 2.75) is 44.6 Å². The highest BCUT2D eigenvalue weighted by atomic mass is 16.5. The van der Waals surface area contributed by atoms with Gasteiger partial charge in [0, 0.05) is 0 Å². The molecule has 72 valence electrons. The Morgan fingerprint density at radius 3 is 2.54 bits per heavy atom. The average Bonchev–Trinajstić information content (AvgIpc) is 2.19. The van der Waals surface area contributed by atoms with Crippen LogP contribution in [-0.2, 0) is 9.53 Å². The molecule has 2 nitrogen and oxygen atoms in total. The van der Waals surface area contributed by atoms with Crippen LogP contribution in [0.25, 0.3) is 0 Å². The van der Waals surface area contributed by atoms with Gasteiger partial charge in [-0.25, -0.2) is 0 Å². The zero-order chi connectivity index (χ0) is 8.84. The molecule has 0 radical (unpaired) electrons. The lowest BCUT2D eigenvalue weighted by atomic mass is 9.62. The molecule has 2 saturated carbocycles. The van der Waals surface area contributed by atoms with Crippen LogP contribution in [0.5, 0.6) is 0 Å². The Hall–Kier alpha value is -0.530. The summed E-state index contributed by atoms with van der Waals surface area (Å²) < 4.78 is 5.42. The molecule has 0 amide bonds. The fraction of sp³-hybridized carbons (Fsp3) is 0.909. The van der Waals surface area contributed by atoms with Crippen LogP contribution in [0.4, 0.5) is 0 Å². The first-order valence-corrected chi connectivity index (χ1v) is 5.57. The molecule has 0 spiro atoms. The Morgan fingerprint density at radius 2 is 1.77 bits per heavy atom. The summed E-state index contributed by atoms with van der Waals surface area (Å²) in [4.78, 5) is 11.5. The van der Waals surface area contributed by atoms with Crippen molar-refractivity contribution in [3.05, 3.63) is 0 Å². The Balaban J connectivity index is 1.89. The molecule has 0 aromatic carbocycles. The molecular weight excluding hydrogens is 164 g/mol. The largest absolute Gasteiger partial charge is 0.462 e. The van der Waals surface area contributed by atoms with Crippen LogP contribution >= 0.6 is 0 Å². The number of esters is 1. The molecule has 0 N–H and O–H groups in total. The van der Waals surface area contributed by atoms with Gasteiger partial charge in [-0.05, 0) is 37.5 Å². The quantitative estimate of drug-likeness (QED) is 0.534. The van der Waals surface area contributed by atoms with E-state index in [1.54, 1.807) is 0 Å². The molecule has 2 heteroatoms. The molecule has 2 heterocycles. The van der Waals surface area contributed by atoms with Crippen LogP contribution in [0.3, 0.4) is 0 Å². The van der Waals surface area contributed by atoms with Gasteiger partial charge < -0.3 is 4.74 Å². The predicted octanol–water partition coefficient (Wildman–Crippen LogP) is 2.13. The first-order valence-electron chi connectivity index (χ1n) is 5.57. The SMILES string of the molecule is O=C1O[C@H]2CC[C@@H]1[C@@H]1CCCC[C@@H]12. The normalized spacial score (nSPS) is 48.5. The second-order valence-corrected chi connectivity index (χ2v) is 4.77. The van der Waals surface area contributed by atoms with Crippen molar-refractivity contribution >= 4 is 5.97 Å². The first kappa shape index (κ1) is 7.84. The van der Waals surface area contributed by atoms with Crippen molar-refractivity contribution in [1.82, 2.24) is 0 Å². The zero-order valence-corrected chi connectivity index (χ0v) is 7.87. The zero-order valence-electron chi connectivity index (χ0n) is 7.87. The molecule has 0 aromatic rings. The summed E-state index contributed by atoms with van der Waals surface area (Å²) in [5.74, 6) is 1.80. The minimum atomic E-state index is 0.111. The third-order valence-corrected chi connectivity index (χ3v) is 4.20. The van der Waals surface area contributed by atoms with Gasteiger partial charge in [0.25, 0.3) is 0 Å². The van der Waals surface area contributed by atoms with Gasteiger partial charge in [-0.2, -0.15) is 0 Å². The molecule has 0 unspecified atom stereocenters. The van der Waals surface area contributed by atoms with Gasteiger partial charge in [-0.15, -0.1) is 0 Å². The van der Waals surface area contributed by atoms with Crippen LogP contribution in [-0.4, -0.2) is 12.1 Å². The molecule has 13 heavy (non-hydrogen) atoms. The molecule has 4 aliphatic rings. The fourth-order valence-corrected chi connectivity index (χ4v) is 3.60. The Kier molecular flexibility index (Phi) is 1.64. The van der Waals surface area contributed by atoms with Gasteiger partial charge in [0.15, 0.2) is 0 Å². The lowest BCUT2D eigenvalue weighted by molar-refractivity contribution is -0.188. The predicted molar refractivity (Wildman–Crippen MR) is 48.1 cm³/mol. The van der Waals surface area contributed by atoms with E-state index < -0.39 is 0 Å². The molecule has 4 fully saturated rings. The summed E-state index contributed by atoms with van der Waals surface area (Å²) >= 11 is 0. The summed E-state index contributed by atoms with van der Waals surface area (Å²) in [7, 11) is 0. The van der Waals surface area contributed by atoms with E-state index in [0.717, 1.165) is 18.8 Å². The Morgan fingerprint density at radius 1 is 1.00 bits per heavy atom. The van der Waals surface area contributed by atoms with Gasteiger partial charge in [0.1, 0.15) is 6.10 Å². The van der Waals surface area contributed by atoms with Crippen molar-refractivity contribution in [3.63, 3.8) is 0 Å². The third-order valence-electron chi connectivity index (χ3n) is 4.20. The molecule has 4 rings (SSSR count). The highest BCUT2D eigenvalue weighted by Crippen LogP contribution is 2.49. The van der Waals surface area contributed by atoms with Gasteiger partial charge in [0.05, 0.1) is 5.92 Å². The van der Waals surface area contributed by atoms with Gasteiger partial charge in [-0.3, -0.25) is 4.79 Å². The topological polar surface area (TPSA) is 26.3 Å². The maximum absolute atomic E-state index is 11.5. The third kappa shape index (κ3) is 1.04. The van der Waals surface area contributed by atoms with E-state index in [1.807, 2.05) is 0 Å². The molecular formula is C11H16O2. The average molecular weight is 180 g/mol. The maximum Gasteiger partial charge on any atom is 0.309 e. The molecule has 2 aliphatic heterocycles. The van der Waals surface area contributed by atoms with Crippen molar-refractivity contribution < 1.29 is 9.53 Å². The van der Waals surface area contributed by atoms with Crippen molar-refractivity contribution in [2.24, 2.45) is 17.8 Å². The van der Waals surface area contributed by atoms with Crippen LogP contribution in [0.15, 0.2) is 0 Å². The fourth-order valence-electron chi connectivity index (χ4n) is 3.60. The molecule has 0 aromatic heterocycles. The van der Waals surface area contributed by atoms with Crippen LogP contribution in [0.2, 0.25) is 0 Å². The highest BCUT2D eigenvalue weighted by Gasteiger charge is 2.50. The smallest absolute Gasteiger partial charge is 0.309 e. The van der Waals surface area contributed by atoms with Crippen molar-refractivity contribution in [2.75, 3.05) is 0 Å². The van der Waals surface area contributed by atoms with Crippen LogP contribution < -0.4 is 0 Å². The summed E-state index contributed by atoms with van der Waals surface area (Å²) in [6.45, 7) is 0. The van der Waals surface area contributed by atoms with E-state index >= 15 is 0 Å². The van der Waals surface area contributed by atoms with E-state index in [9.17, 15) is 4.79 Å². The second-order valence-electron chi connectivity index (χ2n) is 4.77.